The predicted molar refractivity (Wildman–Crippen MR) is 91.8 cm³/mol. The molecule has 0 saturated carbocycles. The number of rotatable bonds is 4. The largest absolute Gasteiger partial charge is 0.433 e. The van der Waals surface area contributed by atoms with Crippen LogP contribution in [0.25, 0.3) is 10.2 Å². The van der Waals surface area contributed by atoms with E-state index in [-0.39, 0.29) is 10.7 Å². The summed E-state index contributed by atoms with van der Waals surface area (Å²) in [7, 11) is 0. The van der Waals surface area contributed by atoms with Gasteiger partial charge in [0.1, 0.15) is 10.5 Å². The van der Waals surface area contributed by atoms with Crippen molar-refractivity contribution in [1.29, 1.82) is 0 Å². The molecular weight excluding hydrogens is 349 g/mol. The molecule has 3 nitrogen and oxygen atoms in total. The molecule has 2 aromatic heterocycles. The number of aryl methyl sites for hydroxylation is 1. The Morgan fingerprint density at radius 2 is 1.92 bits per heavy atom. The topological polar surface area (TPSA) is 42.0 Å². The minimum atomic E-state index is -4.50. The van der Waals surface area contributed by atoms with Crippen molar-refractivity contribution in [2.24, 2.45) is 0 Å². The van der Waals surface area contributed by atoms with Crippen molar-refractivity contribution in [3.05, 3.63) is 64.2 Å². The first kappa shape index (κ1) is 17.4. The van der Waals surface area contributed by atoms with E-state index in [1.165, 1.54) is 0 Å². The van der Waals surface area contributed by atoms with Crippen molar-refractivity contribution in [2.75, 3.05) is 6.54 Å². The fourth-order valence-corrected chi connectivity index (χ4v) is 3.50. The molecule has 0 aliphatic carbocycles. The van der Waals surface area contributed by atoms with Gasteiger partial charge < -0.3 is 5.32 Å². The maximum atomic E-state index is 12.9. The minimum Gasteiger partial charge on any atom is -0.351 e. The minimum absolute atomic E-state index is 0.223. The lowest BCUT2D eigenvalue weighted by atomic mass is 10.1. The molecule has 0 spiro atoms. The monoisotopic (exact) mass is 364 g/mol. The summed E-state index contributed by atoms with van der Waals surface area (Å²) >= 11 is 0.973. The second-order valence-electron chi connectivity index (χ2n) is 5.64. The zero-order chi connectivity index (χ0) is 18.0. The third-order valence-electron chi connectivity index (χ3n) is 3.77. The smallest absolute Gasteiger partial charge is 0.351 e. The SMILES string of the molecule is Cc1cc(C(F)(F)F)nc2sc(C(=O)NCCc3ccccc3)cc12. The summed E-state index contributed by atoms with van der Waals surface area (Å²) in [5.74, 6) is -0.299. The van der Waals surface area contributed by atoms with Gasteiger partial charge in [-0.1, -0.05) is 30.3 Å². The maximum absolute atomic E-state index is 12.9. The molecule has 0 aliphatic rings. The number of hydrogen-bond acceptors (Lipinski definition) is 3. The first-order chi connectivity index (χ1) is 11.8. The fraction of sp³-hybridized carbons (Fsp3) is 0.222. The molecule has 1 amide bonds. The van der Waals surface area contributed by atoms with Crippen molar-refractivity contribution >= 4 is 27.5 Å². The van der Waals surface area contributed by atoms with E-state index in [0.29, 0.717) is 28.8 Å². The van der Waals surface area contributed by atoms with E-state index in [9.17, 15) is 18.0 Å². The van der Waals surface area contributed by atoms with Gasteiger partial charge in [0, 0.05) is 11.9 Å². The van der Waals surface area contributed by atoms with E-state index in [4.69, 9.17) is 0 Å². The summed E-state index contributed by atoms with van der Waals surface area (Å²) in [6.45, 7) is 2.04. The molecule has 1 aromatic carbocycles. The molecule has 3 aromatic rings. The van der Waals surface area contributed by atoms with Crippen molar-refractivity contribution in [1.82, 2.24) is 10.3 Å². The van der Waals surface area contributed by atoms with Gasteiger partial charge in [-0.3, -0.25) is 4.79 Å². The zero-order valence-corrected chi connectivity index (χ0v) is 14.2. The number of thiophene rings is 1. The Kier molecular flexibility index (Phi) is 4.76. The highest BCUT2D eigenvalue weighted by atomic mass is 32.1. The number of alkyl halides is 3. The summed E-state index contributed by atoms with van der Waals surface area (Å²) in [5, 5.41) is 3.37. The summed E-state index contributed by atoms with van der Waals surface area (Å²) in [4.78, 5) is 16.5. The molecule has 130 valence electrons. The Labute approximate surface area is 146 Å². The summed E-state index contributed by atoms with van der Waals surface area (Å²) in [6.07, 6.45) is -3.81. The van der Waals surface area contributed by atoms with Gasteiger partial charge >= 0.3 is 6.18 Å². The number of hydrogen-bond donors (Lipinski definition) is 1. The number of nitrogens with one attached hydrogen (secondary N) is 1. The van der Waals surface area contributed by atoms with Crippen LogP contribution in [0.2, 0.25) is 0 Å². The Bertz CT molecular complexity index is 904. The number of carbonyl (C=O) groups excluding carboxylic acids is 1. The maximum Gasteiger partial charge on any atom is 0.433 e. The number of pyridine rings is 1. The van der Waals surface area contributed by atoms with E-state index in [0.717, 1.165) is 23.0 Å². The molecular formula is C18H15F3N2OS. The standard InChI is InChI=1S/C18H15F3N2OS/c1-11-9-15(18(19,20)21)23-17-13(11)10-14(25-17)16(24)22-8-7-12-5-3-2-4-6-12/h2-6,9-10H,7-8H2,1H3,(H,22,24). The molecule has 1 N–H and O–H groups in total. The lowest BCUT2D eigenvalue weighted by Crippen LogP contribution is -2.24. The number of aromatic nitrogens is 1. The summed E-state index contributed by atoms with van der Waals surface area (Å²) in [5.41, 5.74) is 0.624. The van der Waals surface area contributed by atoms with E-state index < -0.39 is 11.9 Å². The van der Waals surface area contributed by atoms with Crippen LogP contribution in [0.3, 0.4) is 0 Å². The first-order valence-electron chi connectivity index (χ1n) is 7.65. The number of nitrogens with zero attached hydrogens (tertiary/aromatic N) is 1. The molecule has 0 fully saturated rings. The van der Waals surface area contributed by atoms with Gasteiger partial charge in [-0.05, 0) is 36.6 Å². The van der Waals surface area contributed by atoms with Crippen molar-refractivity contribution in [3.8, 4) is 0 Å². The van der Waals surface area contributed by atoms with E-state index in [1.807, 2.05) is 30.3 Å². The molecule has 0 bridgehead atoms. The Morgan fingerprint density at radius 3 is 2.60 bits per heavy atom. The van der Waals surface area contributed by atoms with E-state index in [2.05, 4.69) is 10.3 Å². The zero-order valence-electron chi connectivity index (χ0n) is 13.4. The average Bonchev–Trinajstić information content (AvgIpc) is 3.00. The predicted octanol–water partition coefficient (Wildman–Crippen LogP) is 4.60. The second kappa shape index (κ2) is 6.84. The molecule has 0 saturated heterocycles. The van der Waals surface area contributed by atoms with Crippen LogP contribution in [0.5, 0.6) is 0 Å². The molecule has 0 atom stereocenters. The highest BCUT2D eigenvalue weighted by Gasteiger charge is 2.33. The highest BCUT2D eigenvalue weighted by Crippen LogP contribution is 2.33. The molecule has 2 heterocycles. The van der Waals surface area contributed by atoms with Crippen LogP contribution in [-0.2, 0) is 12.6 Å². The second-order valence-corrected chi connectivity index (χ2v) is 6.67. The number of amides is 1. The Balaban J connectivity index is 1.74. The molecule has 0 radical (unpaired) electrons. The van der Waals surface area contributed by atoms with Crippen LogP contribution in [0.4, 0.5) is 13.2 Å². The highest BCUT2D eigenvalue weighted by molar-refractivity contribution is 7.20. The molecule has 0 unspecified atom stereocenters. The fourth-order valence-electron chi connectivity index (χ4n) is 2.48. The number of benzene rings is 1. The summed E-state index contributed by atoms with van der Waals surface area (Å²) < 4.78 is 38.6. The van der Waals surface area contributed by atoms with Gasteiger partial charge in [0.2, 0.25) is 0 Å². The van der Waals surface area contributed by atoms with Gasteiger partial charge in [0.05, 0.1) is 4.88 Å². The third kappa shape index (κ3) is 3.99. The van der Waals surface area contributed by atoms with Gasteiger partial charge in [0.25, 0.3) is 5.91 Å². The third-order valence-corrected chi connectivity index (χ3v) is 4.80. The number of carbonyl (C=O) groups is 1. The quantitative estimate of drug-likeness (QED) is 0.735. The van der Waals surface area contributed by atoms with Gasteiger partial charge in [-0.15, -0.1) is 11.3 Å². The van der Waals surface area contributed by atoms with Crippen molar-refractivity contribution < 1.29 is 18.0 Å². The molecule has 0 aliphatic heterocycles. The lowest BCUT2D eigenvalue weighted by Gasteiger charge is -2.06. The van der Waals surface area contributed by atoms with Crippen LogP contribution < -0.4 is 5.32 Å². The lowest BCUT2D eigenvalue weighted by molar-refractivity contribution is -0.141. The van der Waals surface area contributed by atoms with Crippen LogP contribution >= 0.6 is 11.3 Å². The number of halogens is 3. The van der Waals surface area contributed by atoms with Gasteiger partial charge in [-0.2, -0.15) is 13.2 Å². The number of fused-ring (bicyclic) bond motifs is 1. The Morgan fingerprint density at radius 1 is 1.20 bits per heavy atom. The van der Waals surface area contributed by atoms with Crippen LogP contribution in [0.15, 0.2) is 42.5 Å². The van der Waals surface area contributed by atoms with E-state index >= 15 is 0 Å². The first-order valence-corrected chi connectivity index (χ1v) is 8.47. The average molecular weight is 364 g/mol. The van der Waals surface area contributed by atoms with Crippen LogP contribution in [0, 0.1) is 6.92 Å². The van der Waals surface area contributed by atoms with E-state index in [1.54, 1.807) is 13.0 Å². The molecule has 3 rings (SSSR count). The Hall–Kier alpha value is -2.41. The molecule has 7 heteroatoms. The van der Waals surface area contributed by atoms with Crippen LogP contribution in [-0.4, -0.2) is 17.4 Å². The van der Waals surface area contributed by atoms with Gasteiger partial charge in [0.15, 0.2) is 0 Å². The summed E-state index contributed by atoms with van der Waals surface area (Å²) in [6, 6.07) is 12.3. The normalized spacial score (nSPS) is 11.7. The van der Waals surface area contributed by atoms with Crippen LogP contribution in [0.1, 0.15) is 26.5 Å². The van der Waals surface area contributed by atoms with Gasteiger partial charge in [-0.25, -0.2) is 4.98 Å². The molecule has 25 heavy (non-hydrogen) atoms. The van der Waals surface area contributed by atoms with Crippen molar-refractivity contribution in [2.45, 2.75) is 19.5 Å². The van der Waals surface area contributed by atoms with Crippen molar-refractivity contribution in [3.63, 3.8) is 0 Å².